The molecule has 6 heteroatoms. The lowest BCUT2D eigenvalue weighted by atomic mass is 10.0. The number of aliphatic carboxylic acids is 1. The van der Waals surface area contributed by atoms with Gasteiger partial charge in [0.1, 0.15) is 6.04 Å². The lowest BCUT2D eigenvalue weighted by Crippen LogP contribution is -2.48. The molecule has 17 heavy (non-hydrogen) atoms. The van der Waals surface area contributed by atoms with Gasteiger partial charge < -0.3 is 16.2 Å². The van der Waals surface area contributed by atoms with Crippen LogP contribution in [0.3, 0.4) is 0 Å². The lowest BCUT2D eigenvalue weighted by Gasteiger charge is -2.19. The summed E-state index contributed by atoms with van der Waals surface area (Å²) in [5.74, 6) is -2.24. The predicted octanol–water partition coefficient (Wildman–Crippen LogP) is 0.113. The Bertz CT molecular complexity index is 302. The highest BCUT2D eigenvalue weighted by atomic mass is 16.4. The summed E-state index contributed by atoms with van der Waals surface area (Å²) in [6.07, 6.45) is -0.000856. The molecule has 0 radical (unpaired) electrons. The monoisotopic (exact) mass is 244 g/mol. The third-order valence-corrected chi connectivity index (χ3v) is 2.35. The first kappa shape index (κ1) is 15.4. The van der Waals surface area contributed by atoms with E-state index in [1.165, 1.54) is 0 Å². The minimum Gasteiger partial charge on any atom is -0.481 e. The van der Waals surface area contributed by atoms with Crippen molar-refractivity contribution in [2.24, 2.45) is 17.6 Å². The molecule has 98 valence electrons. The Labute approximate surface area is 101 Å². The lowest BCUT2D eigenvalue weighted by molar-refractivity contribution is -0.138. The predicted molar refractivity (Wildman–Crippen MR) is 62.0 cm³/mol. The van der Waals surface area contributed by atoms with Gasteiger partial charge in [0.25, 0.3) is 0 Å². The standard InChI is InChI=1S/C11H20N2O4/c1-6(2)10(11(12)17)13-8(14)4-7(3)5-9(15)16/h6-7,10H,4-5H2,1-3H3,(H2,12,17)(H,13,14)(H,15,16). The summed E-state index contributed by atoms with van der Waals surface area (Å²) in [5, 5.41) is 11.1. The first-order valence-corrected chi connectivity index (χ1v) is 5.54. The number of carboxylic acid groups (broad SMARTS) is 1. The molecule has 0 spiro atoms. The molecular weight excluding hydrogens is 224 g/mol. The number of hydrogen-bond acceptors (Lipinski definition) is 3. The highest BCUT2D eigenvalue weighted by Gasteiger charge is 2.22. The zero-order valence-electron chi connectivity index (χ0n) is 10.4. The van der Waals surface area contributed by atoms with E-state index in [0.29, 0.717) is 0 Å². The van der Waals surface area contributed by atoms with E-state index in [1.807, 2.05) is 0 Å². The summed E-state index contributed by atoms with van der Waals surface area (Å²) in [4.78, 5) is 33.0. The summed E-state index contributed by atoms with van der Waals surface area (Å²) >= 11 is 0. The van der Waals surface area contributed by atoms with Gasteiger partial charge in [-0.15, -0.1) is 0 Å². The van der Waals surface area contributed by atoms with Gasteiger partial charge in [-0.05, 0) is 11.8 Å². The fraction of sp³-hybridized carbons (Fsp3) is 0.727. The van der Waals surface area contributed by atoms with Crippen molar-refractivity contribution >= 4 is 17.8 Å². The van der Waals surface area contributed by atoms with Crippen LogP contribution in [0.1, 0.15) is 33.6 Å². The SMILES string of the molecule is CC(CC(=O)O)CC(=O)NC(C(N)=O)C(C)C. The third-order valence-electron chi connectivity index (χ3n) is 2.35. The molecule has 0 fully saturated rings. The van der Waals surface area contributed by atoms with Crippen molar-refractivity contribution in [1.82, 2.24) is 5.32 Å². The molecule has 4 N–H and O–H groups in total. The van der Waals surface area contributed by atoms with Gasteiger partial charge >= 0.3 is 5.97 Å². The molecule has 2 amide bonds. The second-order valence-electron chi connectivity index (χ2n) is 4.60. The number of nitrogens with two attached hydrogens (primary N) is 1. The highest BCUT2D eigenvalue weighted by molar-refractivity contribution is 5.87. The normalized spacial score (nSPS) is 14.1. The van der Waals surface area contributed by atoms with Crippen molar-refractivity contribution in [2.45, 2.75) is 39.7 Å². The van der Waals surface area contributed by atoms with Crippen LogP contribution in [0.25, 0.3) is 0 Å². The van der Waals surface area contributed by atoms with E-state index in [4.69, 9.17) is 10.8 Å². The van der Waals surface area contributed by atoms with E-state index in [1.54, 1.807) is 20.8 Å². The largest absolute Gasteiger partial charge is 0.481 e. The van der Waals surface area contributed by atoms with Gasteiger partial charge in [0, 0.05) is 12.8 Å². The summed E-state index contributed by atoms with van der Waals surface area (Å²) in [6, 6.07) is -0.709. The van der Waals surface area contributed by atoms with Crippen LogP contribution in [-0.4, -0.2) is 28.9 Å². The number of carboxylic acids is 1. The minimum atomic E-state index is -0.944. The Hall–Kier alpha value is -1.59. The van der Waals surface area contributed by atoms with Crippen molar-refractivity contribution < 1.29 is 19.5 Å². The number of primary amides is 1. The fourth-order valence-electron chi connectivity index (χ4n) is 1.49. The van der Waals surface area contributed by atoms with Crippen molar-refractivity contribution in [3.63, 3.8) is 0 Å². The average molecular weight is 244 g/mol. The van der Waals surface area contributed by atoms with Crippen molar-refractivity contribution in [2.75, 3.05) is 0 Å². The number of rotatable bonds is 7. The molecule has 0 aliphatic heterocycles. The molecular formula is C11H20N2O4. The Morgan fingerprint density at radius 3 is 2.06 bits per heavy atom. The van der Waals surface area contributed by atoms with Gasteiger partial charge in [-0.3, -0.25) is 14.4 Å². The maximum absolute atomic E-state index is 11.5. The second-order valence-corrected chi connectivity index (χ2v) is 4.60. The topological polar surface area (TPSA) is 109 Å². The van der Waals surface area contributed by atoms with E-state index in [0.717, 1.165) is 0 Å². The van der Waals surface area contributed by atoms with Crippen molar-refractivity contribution in [1.29, 1.82) is 0 Å². The molecule has 0 saturated heterocycles. The second kappa shape index (κ2) is 6.88. The first-order valence-electron chi connectivity index (χ1n) is 5.54. The van der Waals surface area contributed by atoms with E-state index in [9.17, 15) is 14.4 Å². The van der Waals surface area contributed by atoms with Crippen LogP contribution in [0.15, 0.2) is 0 Å². The maximum atomic E-state index is 11.5. The van der Waals surface area contributed by atoms with Crippen LogP contribution >= 0.6 is 0 Å². The molecule has 6 nitrogen and oxygen atoms in total. The quantitative estimate of drug-likeness (QED) is 0.590. The molecule has 2 unspecified atom stereocenters. The molecule has 0 aliphatic rings. The van der Waals surface area contributed by atoms with Crippen LogP contribution in [-0.2, 0) is 14.4 Å². The van der Waals surface area contributed by atoms with E-state index >= 15 is 0 Å². The van der Waals surface area contributed by atoms with Gasteiger partial charge in [-0.25, -0.2) is 0 Å². The van der Waals surface area contributed by atoms with Crippen LogP contribution < -0.4 is 11.1 Å². The maximum Gasteiger partial charge on any atom is 0.303 e. The van der Waals surface area contributed by atoms with E-state index < -0.39 is 17.9 Å². The smallest absolute Gasteiger partial charge is 0.303 e. The molecule has 0 bridgehead atoms. The summed E-state index contributed by atoms with van der Waals surface area (Å²) in [6.45, 7) is 5.22. The highest BCUT2D eigenvalue weighted by Crippen LogP contribution is 2.08. The van der Waals surface area contributed by atoms with Gasteiger partial charge in [-0.2, -0.15) is 0 Å². The van der Waals surface area contributed by atoms with Gasteiger partial charge in [-0.1, -0.05) is 20.8 Å². The Morgan fingerprint density at radius 2 is 1.71 bits per heavy atom. The van der Waals surface area contributed by atoms with Crippen LogP contribution in [0, 0.1) is 11.8 Å². The fourth-order valence-corrected chi connectivity index (χ4v) is 1.49. The van der Waals surface area contributed by atoms with Crippen LogP contribution in [0.5, 0.6) is 0 Å². The number of hydrogen-bond donors (Lipinski definition) is 3. The molecule has 0 saturated carbocycles. The minimum absolute atomic E-state index is 0.0722. The molecule has 0 aliphatic carbocycles. The molecule has 0 aromatic carbocycles. The number of nitrogens with one attached hydrogen (secondary N) is 1. The molecule has 0 aromatic heterocycles. The van der Waals surface area contributed by atoms with Crippen molar-refractivity contribution in [3.05, 3.63) is 0 Å². The van der Waals surface area contributed by atoms with Gasteiger partial charge in [0.15, 0.2) is 0 Å². The number of amides is 2. The summed E-state index contributed by atoms with van der Waals surface area (Å²) in [7, 11) is 0. The Kier molecular flexibility index (Phi) is 6.23. The average Bonchev–Trinajstić information content (AvgIpc) is 2.11. The van der Waals surface area contributed by atoms with Gasteiger partial charge in [0.2, 0.25) is 11.8 Å². The van der Waals surface area contributed by atoms with E-state index in [-0.39, 0.29) is 30.6 Å². The van der Waals surface area contributed by atoms with Gasteiger partial charge in [0.05, 0.1) is 0 Å². The Morgan fingerprint density at radius 1 is 1.18 bits per heavy atom. The Balaban J connectivity index is 4.24. The number of carbonyl (C=O) groups is 3. The summed E-state index contributed by atoms with van der Waals surface area (Å²) < 4.78 is 0. The van der Waals surface area contributed by atoms with Crippen LogP contribution in [0.2, 0.25) is 0 Å². The zero-order chi connectivity index (χ0) is 13.6. The first-order chi connectivity index (χ1) is 7.73. The molecule has 0 heterocycles. The zero-order valence-corrected chi connectivity index (χ0v) is 10.4. The number of carbonyl (C=O) groups excluding carboxylic acids is 2. The molecule has 0 rings (SSSR count). The third kappa shape index (κ3) is 6.55. The summed E-state index contributed by atoms with van der Waals surface area (Å²) in [5.41, 5.74) is 5.15. The van der Waals surface area contributed by atoms with Crippen LogP contribution in [0.4, 0.5) is 0 Å². The van der Waals surface area contributed by atoms with E-state index in [2.05, 4.69) is 5.32 Å². The molecule has 2 atom stereocenters. The van der Waals surface area contributed by atoms with Crippen molar-refractivity contribution in [3.8, 4) is 0 Å². The molecule has 0 aromatic rings.